The zero-order valence-electron chi connectivity index (χ0n) is 18.3. The number of morpholine rings is 1. The molecule has 8 heteroatoms. The highest BCUT2D eigenvalue weighted by atomic mass is 16.5. The normalized spacial score (nSPS) is 21.5. The van der Waals surface area contributed by atoms with E-state index in [0.717, 1.165) is 44.4 Å². The molecule has 5 rings (SSSR count). The number of fused-ring (bicyclic) bond motifs is 1. The van der Waals surface area contributed by atoms with Crippen LogP contribution in [0.2, 0.25) is 0 Å². The molecule has 2 aliphatic rings. The molecule has 32 heavy (non-hydrogen) atoms. The lowest BCUT2D eigenvalue weighted by Crippen LogP contribution is -2.50. The smallest absolute Gasteiger partial charge is 0.194 e. The lowest BCUT2D eigenvalue weighted by atomic mass is 10.1. The van der Waals surface area contributed by atoms with Crippen molar-refractivity contribution in [1.82, 2.24) is 29.9 Å². The fraction of sp³-hybridized carbons (Fsp3) is 0.375. The van der Waals surface area contributed by atoms with Crippen molar-refractivity contribution in [2.75, 3.05) is 33.3 Å². The van der Waals surface area contributed by atoms with E-state index in [0.29, 0.717) is 12.6 Å². The van der Waals surface area contributed by atoms with Gasteiger partial charge in [0.05, 0.1) is 24.4 Å². The van der Waals surface area contributed by atoms with Gasteiger partial charge in [-0.1, -0.05) is 42.5 Å². The van der Waals surface area contributed by atoms with E-state index < -0.39 is 0 Å². The summed E-state index contributed by atoms with van der Waals surface area (Å²) in [6.07, 6.45) is 3.45. The Kier molecular flexibility index (Phi) is 6.13. The van der Waals surface area contributed by atoms with Crippen LogP contribution in [-0.2, 0) is 17.8 Å². The van der Waals surface area contributed by atoms with E-state index in [9.17, 15) is 0 Å². The summed E-state index contributed by atoms with van der Waals surface area (Å²) in [7, 11) is 1.85. The number of nitrogens with zero attached hydrogens (tertiary/aromatic N) is 6. The summed E-state index contributed by atoms with van der Waals surface area (Å²) >= 11 is 0. The molecule has 2 fully saturated rings. The maximum absolute atomic E-state index is 6.13. The number of guanidine groups is 1. The molecule has 3 heterocycles. The van der Waals surface area contributed by atoms with Crippen LogP contribution in [0, 0.1) is 0 Å². The van der Waals surface area contributed by atoms with Crippen molar-refractivity contribution < 1.29 is 4.74 Å². The van der Waals surface area contributed by atoms with E-state index in [1.54, 1.807) is 11.0 Å². The first-order chi connectivity index (χ1) is 15.8. The largest absolute Gasteiger partial charge is 0.373 e. The van der Waals surface area contributed by atoms with Crippen LogP contribution in [0.4, 0.5) is 0 Å². The minimum Gasteiger partial charge on any atom is -0.373 e. The number of benzene rings is 2. The zero-order valence-corrected chi connectivity index (χ0v) is 18.3. The molecule has 2 aromatic carbocycles. The van der Waals surface area contributed by atoms with E-state index in [-0.39, 0.29) is 6.10 Å². The van der Waals surface area contributed by atoms with Crippen LogP contribution in [0.1, 0.15) is 11.1 Å². The minimum atomic E-state index is 0.216. The minimum absolute atomic E-state index is 0.216. The van der Waals surface area contributed by atoms with Crippen molar-refractivity contribution in [1.29, 1.82) is 0 Å². The van der Waals surface area contributed by atoms with Crippen molar-refractivity contribution in [2.24, 2.45) is 4.99 Å². The third-order valence-corrected chi connectivity index (χ3v) is 6.23. The molecule has 2 aliphatic heterocycles. The molecule has 166 valence electrons. The highest BCUT2D eigenvalue weighted by Gasteiger charge is 2.41. The number of likely N-dealkylation sites (tertiary alicyclic amines) is 1. The Balaban J connectivity index is 1.19. The molecule has 0 bridgehead atoms. The van der Waals surface area contributed by atoms with Gasteiger partial charge in [-0.2, -0.15) is 5.10 Å². The van der Waals surface area contributed by atoms with Crippen molar-refractivity contribution in [2.45, 2.75) is 25.2 Å². The number of nitrogens with one attached hydrogen (secondary N) is 1. The number of rotatable bonds is 5. The Morgan fingerprint density at radius 1 is 1.09 bits per heavy atom. The highest BCUT2D eigenvalue weighted by molar-refractivity contribution is 5.80. The molecule has 8 nitrogen and oxygen atoms in total. The molecule has 0 amide bonds. The number of hydrogen-bond acceptors (Lipinski definition) is 5. The zero-order chi connectivity index (χ0) is 21.8. The standard InChI is InChI=1S/C24H29N7O/c1-25-24(27-13-19-7-9-21(10-8-19)31-18-26-17-28-31)30-15-22-23(16-30)32-12-11-29(22)14-20-5-3-2-4-6-20/h2-10,17-18,22-23H,11-16H2,1H3,(H,25,27). The van der Waals surface area contributed by atoms with Gasteiger partial charge in [-0.15, -0.1) is 0 Å². The van der Waals surface area contributed by atoms with Crippen molar-refractivity contribution in [3.8, 4) is 5.69 Å². The predicted octanol–water partition coefficient (Wildman–Crippen LogP) is 1.93. The average Bonchev–Trinajstić information content (AvgIpc) is 3.52. The first-order valence-corrected chi connectivity index (χ1v) is 11.1. The molecule has 1 N–H and O–H groups in total. The Morgan fingerprint density at radius 3 is 2.69 bits per heavy atom. The van der Waals surface area contributed by atoms with Gasteiger partial charge in [-0.25, -0.2) is 9.67 Å². The molecule has 1 aromatic heterocycles. The fourth-order valence-corrected chi connectivity index (χ4v) is 4.57. The lowest BCUT2D eigenvalue weighted by Gasteiger charge is -2.36. The van der Waals surface area contributed by atoms with Gasteiger partial charge in [0.1, 0.15) is 12.7 Å². The highest BCUT2D eigenvalue weighted by Crippen LogP contribution is 2.24. The summed E-state index contributed by atoms with van der Waals surface area (Å²) in [4.78, 5) is 13.4. The summed E-state index contributed by atoms with van der Waals surface area (Å²) in [5.41, 5.74) is 3.53. The molecule has 0 spiro atoms. The molecular formula is C24H29N7O. The van der Waals surface area contributed by atoms with Gasteiger partial charge in [0.25, 0.3) is 0 Å². The van der Waals surface area contributed by atoms with Crippen LogP contribution in [0.5, 0.6) is 0 Å². The van der Waals surface area contributed by atoms with E-state index >= 15 is 0 Å². The number of ether oxygens (including phenoxy) is 1. The maximum atomic E-state index is 6.13. The van der Waals surface area contributed by atoms with Crippen LogP contribution < -0.4 is 5.32 Å². The molecule has 2 unspecified atom stereocenters. The Morgan fingerprint density at radius 2 is 1.94 bits per heavy atom. The van der Waals surface area contributed by atoms with Crippen molar-refractivity contribution in [3.63, 3.8) is 0 Å². The van der Waals surface area contributed by atoms with Crippen LogP contribution in [-0.4, -0.2) is 76.0 Å². The second-order valence-corrected chi connectivity index (χ2v) is 8.24. The van der Waals surface area contributed by atoms with E-state index in [2.05, 4.69) is 72.7 Å². The van der Waals surface area contributed by atoms with Gasteiger partial charge in [-0.3, -0.25) is 9.89 Å². The van der Waals surface area contributed by atoms with E-state index in [4.69, 9.17) is 4.74 Å². The topological polar surface area (TPSA) is 70.8 Å². The van der Waals surface area contributed by atoms with Gasteiger partial charge in [0, 0.05) is 39.8 Å². The second-order valence-electron chi connectivity index (χ2n) is 8.24. The molecule has 0 radical (unpaired) electrons. The molecule has 2 atom stereocenters. The molecular weight excluding hydrogens is 402 g/mol. The molecule has 3 aromatic rings. The van der Waals surface area contributed by atoms with Crippen LogP contribution in [0.3, 0.4) is 0 Å². The monoisotopic (exact) mass is 431 g/mol. The summed E-state index contributed by atoms with van der Waals surface area (Å²) in [6, 6.07) is 19.4. The lowest BCUT2D eigenvalue weighted by molar-refractivity contribution is -0.0502. The number of aliphatic imine (C=N–C) groups is 1. The maximum Gasteiger partial charge on any atom is 0.194 e. The van der Waals surface area contributed by atoms with Gasteiger partial charge < -0.3 is 15.0 Å². The molecule has 0 aliphatic carbocycles. The third kappa shape index (κ3) is 4.51. The Bertz CT molecular complexity index is 1020. The van der Waals surface area contributed by atoms with Crippen LogP contribution in [0.15, 0.2) is 72.2 Å². The summed E-state index contributed by atoms with van der Waals surface area (Å²) in [5, 5.41) is 7.70. The summed E-state index contributed by atoms with van der Waals surface area (Å²) in [6.45, 7) is 5.21. The average molecular weight is 432 g/mol. The third-order valence-electron chi connectivity index (χ3n) is 6.23. The summed E-state index contributed by atoms with van der Waals surface area (Å²) in [5.74, 6) is 0.919. The predicted molar refractivity (Wildman–Crippen MR) is 124 cm³/mol. The molecule has 2 saturated heterocycles. The first-order valence-electron chi connectivity index (χ1n) is 11.1. The van der Waals surface area contributed by atoms with Crippen LogP contribution in [0.25, 0.3) is 5.69 Å². The fourth-order valence-electron chi connectivity index (χ4n) is 4.57. The van der Waals surface area contributed by atoms with E-state index in [1.807, 2.05) is 19.2 Å². The molecule has 0 saturated carbocycles. The first kappa shape index (κ1) is 20.7. The Labute approximate surface area is 188 Å². The van der Waals surface area contributed by atoms with Gasteiger partial charge in [-0.05, 0) is 23.3 Å². The quantitative estimate of drug-likeness (QED) is 0.492. The number of hydrogen-bond donors (Lipinski definition) is 1. The van der Waals surface area contributed by atoms with Crippen LogP contribution >= 0.6 is 0 Å². The Hall–Kier alpha value is -3.23. The van der Waals surface area contributed by atoms with Gasteiger partial charge in [0.2, 0.25) is 0 Å². The summed E-state index contributed by atoms with van der Waals surface area (Å²) < 4.78 is 7.88. The van der Waals surface area contributed by atoms with Gasteiger partial charge >= 0.3 is 0 Å². The number of aromatic nitrogens is 3. The van der Waals surface area contributed by atoms with Gasteiger partial charge in [0.15, 0.2) is 5.96 Å². The van der Waals surface area contributed by atoms with E-state index in [1.165, 1.54) is 17.5 Å². The van der Waals surface area contributed by atoms with Crippen molar-refractivity contribution >= 4 is 5.96 Å². The SMILES string of the molecule is CN=C(NCc1ccc(-n2cncn2)cc1)N1CC2OCCN(Cc3ccccc3)C2C1. The van der Waals surface area contributed by atoms with Crippen molar-refractivity contribution in [3.05, 3.63) is 78.4 Å². The second kappa shape index (κ2) is 9.50.